The van der Waals surface area contributed by atoms with Crippen LogP contribution >= 0.6 is 0 Å². The summed E-state index contributed by atoms with van der Waals surface area (Å²) in [6, 6.07) is 6.22. The number of fused-ring (bicyclic) bond motifs is 1. The van der Waals surface area contributed by atoms with Gasteiger partial charge in [-0.15, -0.1) is 0 Å². The third-order valence-electron chi connectivity index (χ3n) is 5.47. The van der Waals surface area contributed by atoms with E-state index < -0.39 is 11.9 Å². The van der Waals surface area contributed by atoms with Crippen LogP contribution in [0.25, 0.3) is 0 Å². The third kappa shape index (κ3) is 1.89. The van der Waals surface area contributed by atoms with Crippen molar-refractivity contribution in [3.8, 4) is 0 Å². The molecule has 0 radical (unpaired) electrons. The highest BCUT2D eigenvalue weighted by atomic mass is 16.4. The lowest BCUT2D eigenvalue weighted by atomic mass is 9.71. The maximum absolute atomic E-state index is 11.2. The summed E-state index contributed by atoms with van der Waals surface area (Å²) in [7, 11) is 0. The number of aliphatic carboxylic acids is 1. The molecule has 1 aromatic carbocycles. The molecule has 1 aliphatic rings. The molecule has 0 aromatic heterocycles. The number of carbonyl (C=O) groups is 1. The van der Waals surface area contributed by atoms with Gasteiger partial charge >= 0.3 is 5.97 Å². The van der Waals surface area contributed by atoms with Crippen LogP contribution in [0.2, 0.25) is 0 Å². The summed E-state index contributed by atoms with van der Waals surface area (Å²) in [5.41, 5.74) is 3.82. The normalized spacial score (nSPS) is 24.8. The van der Waals surface area contributed by atoms with E-state index in [1.54, 1.807) is 6.92 Å². The minimum absolute atomic E-state index is 0.0903. The van der Waals surface area contributed by atoms with Crippen LogP contribution in [0.1, 0.15) is 64.2 Å². The molecule has 2 heteroatoms. The second kappa shape index (κ2) is 4.09. The number of rotatable bonds is 2. The molecule has 0 amide bonds. The quantitative estimate of drug-likeness (QED) is 0.870. The molecular weight excluding hydrogens is 236 g/mol. The second-order valence-corrected chi connectivity index (χ2v) is 7.03. The number of carboxylic acid groups (broad SMARTS) is 1. The average Bonchev–Trinajstić information content (AvgIpc) is 2.47. The Kier molecular flexibility index (Phi) is 3.04. The predicted molar refractivity (Wildman–Crippen MR) is 77.7 cm³/mol. The average molecular weight is 260 g/mol. The zero-order valence-electron chi connectivity index (χ0n) is 12.7. The summed E-state index contributed by atoms with van der Waals surface area (Å²) in [6.07, 6.45) is 0. The zero-order chi connectivity index (χ0) is 14.6. The van der Waals surface area contributed by atoms with Crippen LogP contribution in [0.15, 0.2) is 18.2 Å². The highest BCUT2D eigenvalue weighted by Crippen LogP contribution is 2.53. The maximum atomic E-state index is 11.2. The van der Waals surface area contributed by atoms with E-state index in [-0.39, 0.29) is 10.8 Å². The second-order valence-electron chi connectivity index (χ2n) is 7.03. The van der Waals surface area contributed by atoms with Crippen LogP contribution in [0, 0.1) is 5.92 Å². The molecule has 0 heterocycles. The van der Waals surface area contributed by atoms with Crippen molar-refractivity contribution < 1.29 is 9.90 Å². The number of benzene rings is 1. The number of hydrogen-bond donors (Lipinski definition) is 1. The fourth-order valence-electron chi connectivity index (χ4n) is 3.44. The molecule has 0 fully saturated rings. The first kappa shape index (κ1) is 14.1. The highest BCUT2D eigenvalue weighted by molar-refractivity contribution is 5.75. The monoisotopic (exact) mass is 260 g/mol. The van der Waals surface area contributed by atoms with Crippen molar-refractivity contribution >= 4 is 5.97 Å². The molecule has 1 aromatic rings. The van der Waals surface area contributed by atoms with E-state index in [1.807, 2.05) is 6.07 Å². The van der Waals surface area contributed by atoms with Crippen LogP contribution < -0.4 is 0 Å². The maximum Gasteiger partial charge on any atom is 0.310 e. The van der Waals surface area contributed by atoms with Crippen molar-refractivity contribution in [2.75, 3.05) is 0 Å². The lowest BCUT2D eigenvalue weighted by Crippen LogP contribution is -2.30. The van der Waals surface area contributed by atoms with Gasteiger partial charge in [-0.25, -0.2) is 0 Å². The number of carboxylic acids is 1. The van der Waals surface area contributed by atoms with Gasteiger partial charge in [-0.05, 0) is 40.4 Å². The molecule has 1 aliphatic carbocycles. The Hall–Kier alpha value is -1.31. The Morgan fingerprint density at radius 1 is 1.16 bits per heavy atom. The summed E-state index contributed by atoms with van der Waals surface area (Å²) in [4.78, 5) is 11.2. The van der Waals surface area contributed by atoms with Crippen molar-refractivity contribution in [3.05, 3.63) is 34.9 Å². The number of hydrogen-bond acceptors (Lipinski definition) is 1. The summed E-state index contributed by atoms with van der Waals surface area (Å²) in [5, 5.41) is 9.17. The minimum Gasteiger partial charge on any atom is -0.481 e. The van der Waals surface area contributed by atoms with Gasteiger partial charge in [0.1, 0.15) is 0 Å². The van der Waals surface area contributed by atoms with Crippen molar-refractivity contribution in [3.63, 3.8) is 0 Å². The van der Waals surface area contributed by atoms with E-state index in [2.05, 4.69) is 46.8 Å². The minimum atomic E-state index is -0.761. The molecule has 19 heavy (non-hydrogen) atoms. The molecule has 0 aliphatic heterocycles. The summed E-state index contributed by atoms with van der Waals surface area (Å²) >= 11 is 0. The molecule has 0 spiro atoms. The van der Waals surface area contributed by atoms with Gasteiger partial charge in [0.25, 0.3) is 0 Å². The van der Waals surface area contributed by atoms with Crippen LogP contribution in [0.5, 0.6) is 0 Å². The standard InChI is InChI=1S/C17H24O2/c1-10(15(18)19)12-7-8-13-14(9-12)17(5,6)11(2)16(13,3)4/h7-11H,1-6H3,(H,18,19)/t10-,11?/m0/s1. The summed E-state index contributed by atoms with van der Waals surface area (Å²) in [6.45, 7) is 13.1. The molecule has 0 bridgehead atoms. The topological polar surface area (TPSA) is 37.3 Å². The van der Waals surface area contributed by atoms with Gasteiger partial charge in [0.15, 0.2) is 0 Å². The van der Waals surface area contributed by atoms with E-state index in [0.717, 1.165) is 5.56 Å². The SMILES string of the molecule is CC1C(C)(C)c2ccc([C@H](C)C(=O)O)cc2C1(C)C. The summed E-state index contributed by atoms with van der Waals surface area (Å²) in [5.74, 6) is -0.673. The van der Waals surface area contributed by atoms with E-state index in [9.17, 15) is 4.79 Å². The highest BCUT2D eigenvalue weighted by Gasteiger charge is 2.48. The molecule has 0 saturated heterocycles. The smallest absolute Gasteiger partial charge is 0.310 e. The Bertz CT molecular complexity index is 526. The van der Waals surface area contributed by atoms with Crippen molar-refractivity contribution in [1.29, 1.82) is 0 Å². The molecule has 1 unspecified atom stereocenters. The van der Waals surface area contributed by atoms with Crippen LogP contribution in [0.4, 0.5) is 0 Å². The van der Waals surface area contributed by atoms with Crippen molar-refractivity contribution in [2.24, 2.45) is 5.92 Å². The fourth-order valence-corrected chi connectivity index (χ4v) is 3.44. The van der Waals surface area contributed by atoms with E-state index in [4.69, 9.17) is 5.11 Å². The lowest BCUT2D eigenvalue weighted by Gasteiger charge is -2.32. The Labute approximate surface area is 115 Å². The Balaban J connectivity index is 2.59. The zero-order valence-corrected chi connectivity index (χ0v) is 12.7. The van der Waals surface area contributed by atoms with E-state index in [0.29, 0.717) is 5.92 Å². The van der Waals surface area contributed by atoms with Crippen molar-refractivity contribution in [1.82, 2.24) is 0 Å². The first-order valence-corrected chi connectivity index (χ1v) is 6.98. The van der Waals surface area contributed by atoms with Gasteiger partial charge in [-0.1, -0.05) is 52.8 Å². The Morgan fingerprint density at radius 3 is 2.21 bits per heavy atom. The van der Waals surface area contributed by atoms with E-state index >= 15 is 0 Å². The third-order valence-corrected chi connectivity index (χ3v) is 5.47. The summed E-state index contributed by atoms with van der Waals surface area (Å²) < 4.78 is 0. The lowest BCUT2D eigenvalue weighted by molar-refractivity contribution is -0.138. The molecule has 1 N–H and O–H groups in total. The van der Waals surface area contributed by atoms with Gasteiger partial charge in [-0.3, -0.25) is 4.79 Å². The van der Waals surface area contributed by atoms with Gasteiger partial charge in [0.2, 0.25) is 0 Å². The Morgan fingerprint density at radius 2 is 1.68 bits per heavy atom. The molecule has 2 rings (SSSR count). The largest absolute Gasteiger partial charge is 0.481 e. The van der Waals surface area contributed by atoms with Gasteiger partial charge in [0, 0.05) is 0 Å². The first-order chi connectivity index (χ1) is 8.60. The molecule has 104 valence electrons. The predicted octanol–water partition coefficient (Wildman–Crippen LogP) is 4.08. The van der Waals surface area contributed by atoms with Gasteiger partial charge in [-0.2, -0.15) is 0 Å². The van der Waals surface area contributed by atoms with Crippen molar-refractivity contribution in [2.45, 2.75) is 58.3 Å². The van der Waals surface area contributed by atoms with Crippen LogP contribution in [0.3, 0.4) is 0 Å². The molecule has 0 saturated carbocycles. The van der Waals surface area contributed by atoms with Gasteiger partial charge in [0.05, 0.1) is 5.92 Å². The van der Waals surface area contributed by atoms with Crippen LogP contribution in [-0.2, 0) is 15.6 Å². The van der Waals surface area contributed by atoms with Crippen LogP contribution in [-0.4, -0.2) is 11.1 Å². The molecule has 2 nitrogen and oxygen atoms in total. The first-order valence-electron chi connectivity index (χ1n) is 6.98. The van der Waals surface area contributed by atoms with E-state index in [1.165, 1.54) is 11.1 Å². The molecular formula is C17H24O2. The molecule has 2 atom stereocenters. The fraction of sp³-hybridized carbons (Fsp3) is 0.588. The van der Waals surface area contributed by atoms with Gasteiger partial charge < -0.3 is 5.11 Å².